The first-order valence-corrected chi connectivity index (χ1v) is 7.23. The normalized spacial score (nSPS) is 12.2. The minimum Gasteiger partial charge on any atom is -0.480 e. The van der Waals surface area contributed by atoms with Crippen molar-refractivity contribution in [2.75, 3.05) is 6.54 Å². The van der Waals surface area contributed by atoms with Crippen molar-refractivity contribution < 1.29 is 14.7 Å². The van der Waals surface area contributed by atoms with Crippen LogP contribution in [0.25, 0.3) is 0 Å². The molecule has 0 spiro atoms. The van der Waals surface area contributed by atoms with E-state index in [2.05, 4.69) is 10.6 Å². The van der Waals surface area contributed by atoms with E-state index in [0.717, 1.165) is 5.56 Å². The minimum atomic E-state index is -0.936. The molecule has 1 aromatic rings. The highest BCUT2D eigenvalue weighted by atomic mass is 35.5. The van der Waals surface area contributed by atoms with Gasteiger partial charge >= 0.3 is 5.97 Å². The van der Waals surface area contributed by atoms with E-state index in [1.807, 2.05) is 26.0 Å². The molecule has 0 radical (unpaired) electrons. The largest absolute Gasteiger partial charge is 0.480 e. The molecule has 0 aliphatic carbocycles. The van der Waals surface area contributed by atoms with Crippen LogP contribution in [0, 0.1) is 5.92 Å². The third-order valence-electron chi connectivity index (χ3n) is 2.92. The van der Waals surface area contributed by atoms with Gasteiger partial charge in [0.05, 0.1) is 6.54 Å². The Kier molecular flexibility index (Phi) is 7.19. The van der Waals surface area contributed by atoms with Crippen molar-refractivity contribution in [1.82, 2.24) is 10.6 Å². The Balaban J connectivity index is 2.35. The van der Waals surface area contributed by atoms with Crippen molar-refractivity contribution in [1.29, 1.82) is 0 Å². The maximum Gasteiger partial charge on any atom is 0.320 e. The van der Waals surface area contributed by atoms with Gasteiger partial charge in [-0.2, -0.15) is 0 Å². The Labute approximate surface area is 129 Å². The van der Waals surface area contributed by atoms with Crippen molar-refractivity contribution in [3.63, 3.8) is 0 Å². The molecule has 0 aliphatic heterocycles. The van der Waals surface area contributed by atoms with Crippen molar-refractivity contribution >= 4 is 23.5 Å². The summed E-state index contributed by atoms with van der Waals surface area (Å²) >= 11 is 5.78. The average Bonchev–Trinajstić information content (AvgIpc) is 2.42. The number of rotatable bonds is 8. The summed E-state index contributed by atoms with van der Waals surface area (Å²) in [7, 11) is 0. The van der Waals surface area contributed by atoms with E-state index in [0.29, 0.717) is 18.0 Å². The summed E-state index contributed by atoms with van der Waals surface area (Å²) < 4.78 is 0. The molecule has 3 N–H and O–H groups in total. The van der Waals surface area contributed by atoms with Gasteiger partial charge in [-0.3, -0.25) is 14.9 Å². The molecule has 116 valence electrons. The molecule has 1 rings (SSSR count). The lowest BCUT2D eigenvalue weighted by Crippen LogP contribution is -2.43. The first kappa shape index (κ1) is 17.5. The van der Waals surface area contributed by atoms with E-state index in [1.54, 1.807) is 12.1 Å². The smallest absolute Gasteiger partial charge is 0.320 e. The van der Waals surface area contributed by atoms with Crippen LogP contribution in [-0.2, 0) is 16.1 Å². The summed E-state index contributed by atoms with van der Waals surface area (Å²) in [6.07, 6.45) is 0.486. The van der Waals surface area contributed by atoms with Gasteiger partial charge in [-0.1, -0.05) is 37.6 Å². The van der Waals surface area contributed by atoms with Gasteiger partial charge < -0.3 is 10.4 Å². The highest BCUT2D eigenvalue weighted by Crippen LogP contribution is 2.09. The van der Waals surface area contributed by atoms with E-state index < -0.39 is 12.0 Å². The number of carboxylic acid groups (broad SMARTS) is 1. The third-order valence-corrected chi connectivity index (χ3v) is 3.17. The SMILES string of the molecule is CC(C)CC(NCC(=O)NCc1ccc(Cl)cc1)C(=O)O. The predicted molar refractivity (Wildman–Crippen MR) is 82.2 cm³/mol. The minimum absolute atomic E-state index is 0.0166. The molecule has 0 heterocycles. The summed E-state index contributed by atoms with van der Waals surface area (Å²) in [5.74, 6) is -0.926. The highest BCUT2D eigenvalue weighted by Gasteiger charge is 2.18. The van der Waals surface area contributed by atoms with Gasteiger partial charge in [-0.05, 0) is 30.0 Å². The molecule has 1 unspecified atom stereocenters. The lowest BCUT2D eigenvalue weighted by Gasteiger charge is -2.16. The van der Waals surface area contributed by atoms with Crippen molar-refractivity contribution in [3.8, 4) is 0 Å². The van der Waals surface area contributed by atoms with Crippen molar-refractivity contribution in [2.24, 2.45) is 5.92 Å². The molecule has 0 aromatic heterocycles. The summed E-state index contributed by atoms with van der Waals surface area (Å²) in [5, 5.41) is 15.2. The maximum atomic E-state index is 11.7. The molecule has 6 heteroatoms. The number of benzene rings is 1. The van der Waals surface area contributed by atoms with E-state index in [9.17, 15) is 9.59 Å². The number of carbonyl (C=O) groups excluding carboxylic acids is 1. The van der Waals surface area contributed by atoms with Gasteiger partial charge in [0.2, 0.25) is 5.91 Å². The summed E-state index contributed by atoms with van der Waals surface area (Å²) in [4.78, 5) is 22.8. The molecule has 1 aromatic carbocycles. The molecule has 1 atom stereocenters. The standard InChI is InChI=1S/C15H21ClN2O3/c1-10(2)7-13(15(20)21)17-9-14(19)18-8-11-3-5-12(16)6-4-11/h3-6,10,13,17H,7-9H2,1-2H3,(H,18,19)(H,20,21). The van der Waals surface area contributed by atoms with E-state index in [1.165, 1.54) is 0 Å². The fourth-order valence-corrected chi connectivity index (χ4v) is 1.95. The van der Waals surface area contributed by atoms with Gasteiger partial charge in [0.15, 0.2) is 0 Å². The first-order chi connectivity index (χ1) is 9.88. The van der Waals surface area contributed by atoms with Gasteiger partial charge in [0.25, 0.3) is 0 Å². The van der Waals surface area contributed by atoms with E-state index in [-0.39, 0.29) is 18.4 Å². The molecule has 5 nitrogen and oxygen atoms in total. The van der Waals surface area contributed by atoms with Crippen LogP contribution in [0.3, 0.4) is 0 Å². The van der Waals surface area contributed by atoms with Crippen LogP contribution in [0.15, 0.2) is 24.3 Å². The number of amides is 1. The lowest BCUT2D eigenvalue weighted by atomic mass is 10.0. The predicted octanol–water partition coefficient (Wildman–Crippen LogP) is 2.05. The molecule has 0 aliphatic rings. The topological polar surface area (TPSA) is 78.4 Å². The Morgan fingerprint density at radius 2 is 1.86 bits per heavy atom. The summed E-state index contributed by atoms with van der Waals surface area (Å²) in [6, 6.07) is 6.46. The number of halogens is 1. The second kappa shape index (κ2) is 8.64. The summed E-state index contributed by atoms with van der Waals surface area (Å²) in [6.45, 7) is 4.26. The molecule has 1 amide bonds. The van der Waals surface area contributed by atoms with Crippen LogP contribution in [-0.4, -0.2) is 29.6 Å². The van der Waals surface area contributed by atoms with Crippen LogP contribution < -0.4 is 10.6 Å². The van der Waals surface area contributed by atoms with Gasteiger partial charge in [-0.25, -0.2) is 0 Å². The van der Waals surface area contributed by atoms with Crippen LogP contribution in [0.5, 0.6) is 0 Å². The second-order valence-corrected chi connectivity index (χ2v) is 5.74. The van der Waals surface area contributed by atoms with E-state index in [4.69, 9.17) is 16.7 Å². The van der Waals surface area contributed by atoms with Crippen molar-refractivity contribution in [3.05, 3.63) is 34.9 Å². The Bertz CT molecular complexity index is 474. The molecule has 0 saturated carbocycles. The Morgan fingerprint density at radius 3 is 2.38 bits per heavy atom. The van der Waals surface area contributed by atoms with Crippen LogP contribution in [0.4, 0.5) is 0 Å². The fraction of sp³-hybridized carbons (Fsp3) is 0.467. The van der Waals surface area contributed by atoms with Gasteiger partial charge in [0.1, 0.15) is 6.04 Å². The highest BCUT2D eigenvalue weighted by molar-refractivity contribution is 6.30. The summed E-state index contributed by atoms with van der Waals surface area (Å²) in [5.41, 5.74) is 0.935. The molecule has 0 fully saturated rings. The Morgan fingerprint density at radius 1 is 1.24 bits per heavy atom. The first-order valence-electron chi connectivity index (χ1n) is 6.85. The average molecular weight is 313 g/mol. The van der Waals surface area contributed by atoms with Crippen LogP contribution in [0.1, 0.15) is 25.8 Å². The zero-order chi connectivity index (χ0) is 15.8. The number of carbonyl (C=O) groups is 2. The quantitative estimate of drug-likeness (QED) is 0.686. The number of carboxylic acids is 1. The lowest BCUT2D eigenvalue weighted by molar-refractivity contribution is -0.140. The fourth-order valence-electron chi connectivity index (χ4n) is 1.82. The zero-order valence-corrected chi connectivity index (χ0v) is 13.0. The van der Waals surface area contributed by atoms with Gasteiger partial charge in [-0.15, -0.1) is 0 Å². The van der Waals surface area contributed by atoms with Gasteiger partial charge in [0, 0.05) is 11.6 Å². The van der Waals surface area contributed by atoms with Crippen molar-refractivity contribution in [2.45, 2.75) is 32.9 Å². The van der Waals surface area contributed by atoms with E-state index >= 15 is 0 Å². The Hall–Kier alpha value is -1.59. The zero-order valence-electron chi connectivity index (χ0n) is 12.2. The second-order valence-electron chi connectivity index (χ2n) is 5.30. The molecular weight excluding hydrogens is 292 g/mol. The third kappa shape index (κ3) is 7.11. The monoisotopic (exact) mass is 312 g/mol. The number of aliphatic carboxylic acids is 1. The van der Waals surface area contributed by atoms with Crippen LogP contribution in [0.2, 0.25) is 5.02 Å². The molecule has 0 saturated heterocycles. The molecule has 21 heavy (non-hydrogen) atoms. The molecular formula is C15H21ClN2O3. The maximum absolute atomic E-state index is 11.7. The number of nitrogens with one attached hydrogen (secondary N) is 2. The number of hydrogen-bond donors (Lipinski definition) is 3. The molecule has 0 bridgehead atoms. The van der Waals surface area contributed by atoms with Crippen LogP contribution >= 0.6 is 11.6 Å². The number of hydrogen-bond acceptors (Lipinski definition) is 3.